The molecular weight excluding hydrogens is 497 g/mol. The van der Waals surface area contributed by atoms with Gasteiger partial charge in [0.05, 0.1) is 19.4 Å². The second-order valence-corrected chi connectivity index (χ2v) is 8.91. The van der Waals surface area contributed by atoms with Crippen molar-refractivity contribution in [1.29, 1.82) is 0 Å². The fourth-order valence-electron chi connectivity index (χ4n) is 3.11. The molecule has 0 atom stereocenters. The summed E-state index contributed by atoms with van der Waals surface area (Å²) in [6.45, 7) is 4.57. The summed E-state index contributed by atoms with van der Waals surface area (Å²) in [7, 11) is 1.04. The lowest BCUT2D eigenvalue weighted by Gasteiger charge is -2.09. The van der Waals surface area contributed by atoms with Gasteiger partial charge in [-0.1, -0.05) is 26.0 Å². The predicted molar refractivity (Wildman–Crippen MR) is 129 cm³/mol. The molecule has 1 heterocycles. The minimum absolute atomic E-state index is 0.0909. The highest BCUT2D eigenvalue weighted by atomic mass is 32.1. The zero-order chi connectivity index (χ0) is 26.4. The Kier molecular flexibility index (Phi) is 8.83. The molecule has 7 nitrogen and oxygen atoms in total. The summed E-state index contributed by atoms with van der Waals surface area (Å²) in [4.78, 5) is 27.8. The summed E-state index contributed by atoms with van der Waals surface area (Å²) in [5, 5.41) is 13.0. The maximum absolute atomic E-state index is 15.0. The number of carbonyl (C=O) groups excluding carboxylic acids is 1. The second kappa shape index (κ2) is 11.8. The van der Waals surface area contributed by atoms with Crippen LogP contribution in [-0.4, -0.2) is 35.7 Å². The Balaban J connectivity index is 1.78. The largest absolute Gasteiger partial charge is 0.490 e. The maximum Gasteiger partial charge on any atom is 0.371 e. The minimum atomic E-state index is -1.51. The molecule has 190 valence electrons. The van der Waals surface area contributed by atoms with Crippen molar-refractivity contribution in [1.82, 2.24) is 4.98 Å². The van der Waals surface area contributed by atoms with Gasteiger partial charge in [-0.05, 0) is 24.1 Å². The van der Waals surface area contributed by atoms with Gasteiger partial charge in [-0.3, -0.25) is 10.1 Å². The van der Waals surface area contributed by atoms with Crippen LogP contribution in [0.15, 0.2) is 41.5 Å². The molecule has 0 saturated carbocycles. The summed E-state index contributed by atoms with van der Waals surface area (Å²) < 4.78 is 53.9. The van der Waals surface area contributed by atoms with Gasteiger partial charge in [0.25, 0.3) is 5.91 Å². The smallest absolute Gasteiger partial charge is 0.371 e. The molecule has 0 unspecified atom stereocenters. The average molecular weight is 521 g/mol. The Bertz CT molecular complexity index is 1280. The van der Waals surface area contributed by atoms with Crippen LogP contribution in [0.4, 0.5) is 18.3 Å². The van der Waals surface area contributed by atoms with Crippen molar-refractivity contribution in [3.63, 3.8) is 0 Å². The highest BCUT2D eigenvalue weighted by Crippen LogP contribution is 2.29. The Morgan fingerprint density at radius 1 is 1.19 bits per heavy atom. The van der Waals surface area contributed by atoms with Gasteiger partial charge >= 0.3 is 5.97 Å². The fourth-order valence-corrected chi connectivity index (χ4v) is 3.82. The van der Waals surface area contributed by atoms with Crippen molar-refractivity contribution in [2.75, 3.05) is 19.0 Å². The van der Waals surface area contributed by atoms with E-state index in [0.717, 1.165) is 30.6 Å². The third kappa shape index (κ3) is 6.49. The predicted octanol–water partition coefficient (Wildman–Crippen LogP) is 5.72. The van der Waals surface area contributed by atoms with Crippen LogP contribution in [0.25, 0.3) is 17.3 Å². The third-order valence-electron chi connectivity index (χ3n) is 4.84. The maximum atomic E-state index is 15.0. The third-order valence-corrected chi connectivity index (χ3v) is 5.59. The SMILES string of the molecule is CO/C(=C/c1c(F)cc(C(=O)Nc2nc(-c3cccc(COCC(C)C)c3F)cs2)cc1F)C(=O)O. The molecular formula is C25H23F3N2O5S. The minimum Gasteiger partial charge on any atom is -0.490 e. The number of halogens is 3. The molecule has 0 bridgehead atoms. The highest BCUT2D eigenvalue weighted by molar-refractivity contribution is 7.14. The van der Waals surface area contributed by atoms with Crippen LogP contribution < -0.4 is 5.32 Å². The Hall–Kier alpha value is -3.70. The van der Waals surface area contributed by atoms with Crippen molar-refractivity contribution in [3.8, 4) is 11.3 Å². The van der Waals surface area contributed by atoms with E-state index in [0.29, 0.717) is 24.2 Å². The first-order chi connectivity index (χ1) is 17.1. The molecule has 0 fully saturated rings. The summed E-state index contributed by atoms with van der Waals surface area (Å²) in [5.74, 6) is -5.54. The Labute approximate surface area is 209 Å². The number of hydrogen-bond donors (Lipinski definition) is 2. The molecule has 0 saturated heterocycles. The van der Waals surface area contributed by atoms with Gasteiger partial charge in [-0.25, -0.2) is 22.9 Å². The van der Waals surface area contributed by atoms with Crippen molar-refractivity contribution < 1.29 is 37.3 Å². The van der Waals surface area contributed by atoms with Crippen molar-refractivity contribution in [2.45, 2.75) is 20.5 Å². The molecule has 0 aliphatic rings. The van der Waals surface area contributed by atoms with E-state index in [4.69, 9.17) is 9.84 Å². The lowest BCUT2D eigenvalue weighted by molar-refractivity contribution is -0.135. The van der Waals surface area contributed by atoms with Gasteiger partial charge < -0.3 is 14.6 Å². The van der Waals surface area contributed by atoms with Gasteiger partial charge in [-0.2, -0.15) is 0 Å². The van der Waals surface area contributed by atoms with E-state index in [1.54, 1.807) is 23.6 Å². The molecule has 0 aliphatic heterocycles. The Morgan fingerprint density at radius 3 is 2.50 bits per heavy atom. The first-order valence-electron chi connectivity index (χ1n) is 10.7. The van der Waals surface area contributed by atoms with E-state index in [2.05, 4.69) is 15.0 Å². The molecule has 3 aromatic rings. The van der Waals surface area contributed by atoms with E-state index in [-0.39, 0.29) is 28.6 Å². The number of benzene rings is 2. The number of ether oxygens (including phenoxy) is 2. The standard InChI is InChI=1S/C25H23F3N2O5S/c1-13(2)10-35-11-14-5-4-6-16(22(14)28)20-12-36-25(29-20)30-23(31)15-7-18(26)17(19(27)8-15)9-21(34-3)24(32)33/h4-9,12-13H,10-11H2,1-3H3,(H,32,33)(H,29,30,31)/b21-9+. The lowest BCUT2D eigenvalue weighted by atomic mass is 10.1. The molecule has 2 N–H and O–H groups in total. The van der Waals surface area contributed by atoms with Crippen LogP contribution in [0, 0.1) is 23.4 Å². The number of aliphatic carboxylic acids is 1. The molecule has 11 heteroatoms. The zero-order valence-corrected chi connectivity index (χ0v) is 20.4. The quantitative estimate of drug-likeness (QED) is 0.262. The van der Waals surface area contributed by atoms with Crippen LogP contribution >= 0.6 is 11.3 Å². The summed E-state index contributed by atoms with van der Waals surface area (Å²) >= 11 is 1.01. The summed E-state index contributed by atoms with van der Waals surface area (Å²) in [6, 6.07) is 6.35. The topological polar surface area (TPSA) is 97.8 Å². The number of carbonyl (C=O) groups is 2. The van der Waals surface area contributed by atoms with Crippen LogP contribution in [0.2, 0.25) is 0 Å². The number of thiazole rings is 1. The number of hydrogen-bond acceptors (Lipinski definition) is 6. The van der Waals surface area contributed by atoms with Crippen LogP contribution in [0.3, 0.4) is 0 Å². The lowest BCUT2D eigenvalue weighted by Crippen LogP contribution is -2.13. The first kappa shape index (κ1) is 26.9. The van der Waals surface area contributed by atoms with E-state index in [9.17, 15) is 22.8 Å². The first-order valence-corrected chi connectivity index (χ1v) is 11.6. The molecule has 0 spiro atoms. The van der Waals surface area contributed by atoms with E-state index >= 15 is 0 Å². The van der Waals surface area contributed by atoms with Crippen LogP contribution in [0.5, 0.6) is 0 Å². The van der Waals surface area contributed by atoms with E-state index < -0.39 is 40.7 Å². The van der Waals surface area contributed by atoms with Crippen LogP contribution in [-0.2, 0) is 20.9 Å². The number of nitrogens with one attached hydrogen (secondary N) is 1. The van der Waals surface area contributed by atoms with Gasteiger partial charge in [0.1, 0.15) is 17.5 Å². The molecule has 36 heavy (non-hydrogen) atoms. The highest BCUT2D eigenvalue weighted by Gasteiger charge is 2.19. The van der Waals surface area contributed by atoms with Crippen molar-refractivity contribution >= 4 is 34.4 Å². The second-order valence-electron chi connectivity index (χ2n) is 8.05. The molecule has 2 aromatic carbocycles. The van der Waals surface area contributed by atoms with E-state index in [1.807, 2.05) is 13.8 Å². The number of aromatic nitrogens is 1. The summed E-state index contributed by atoms with van der Waals surface area (Å²) in [5.41, 5.74) is -0.166. The van der Waals surface area contributed by atoms with Gasteiger partial charge in [0.2, 0.25) is 5.76 Å². The van der Waals surface area contributed by atoms with Gasteiger partial charge in [0, 0.05) is 40.3 Å². The number of anilines is 1. The molecule has 3 rings (SSSR count). The van der Waals surface area contributed by atoms with Gasteiger partial charge in [0.15, 0.2) is 5.13 Å². The molecule has 1 amide bonds. The average Bonchev–Trinajstić information content (AvgIpc) is 3.27. The van der Waals surface area contributed by atoms with Crippen LogP contribution in [0.1, 0.15) is 35.3 Å². The van der Waals surface area contributed by atoms with E-state index in [1.165, 1.54) is 0 Å². The summed E-state index contributed by atoms with van der Waals surface area (Å²) in [6.07, 6.45) is 0.679. The number of amides is 1. The van der Waals surface area contributed by atoms with Crippen molar-refractivity contribution in [3.05, 3.63) is 75.6 Å². The fraction of sp³-hybridized carbons (Fsp3) is 0.240. The monoisotopic (exact) mass is 520 g/mol. The molecule has 1 aromatic heterocycles. The molecule has 0 aliphatic carbocycles. The van der Waals surface area contributed by atoms with Crippen molar-refractivity contribution in [2.24, 2.45) is 5.92 Å². The number of nitrogens with zero attached hydrogens (tertiary/aromatic N) is 1. The number of carboxylic acids is 1. The zero-order valence-electron chi connectivity index (χ0n) is 19.6. The van der Waals surface area contributed by atoms with Gasteiger partial charge in [-0.15, -0.1) is 11.3 Å². The normalized spacial score (nSPS) is 11.6. The number of methoxy groups -OCH3 is 1. The number of carboxylic acid groups (broad SMARTS) is 1. The Morgan fingerprint density at radius 2 is 1.89 bits per heavy atom. The molecule has 0 radical (unpaired) electrons. The number of rotatable bonds is 10.